The summed E-state index contributed by atoms with van der Waals surface area (Å²) in [5.74, 6) is 0. The number of hydrogen-bond acceptors (Lipinski definition) is 3. The lowest BCUT2D eigenvalue weighted by atomic mass is 9.95. The van der Waals surface area contributed by atoms with Crippen molar-refractivity contribution in [1.82, 2.24) is 4.90 Å². The fourth-order valence-electron chi connectivity index (χ4n) is 4.81. The molecule has 1 aliphatic rings. The van der Waals surface area contributed by atoms with Crippen molar-refractivity contribution in [2.45, 2.75) is 161 Å². The zero-order valence-corrected chi connectivity index (χ0v) is 20.6. The molecule has 0 aromatic heterocycles. The molecule has 3 nitrogen and oxygen atoms in total. The van der Waals surface area contributed by atoms with E-state index >= 15 is 0 Å². The summed E-state index contributed by atoms with van der Waals surface area (Å²) in [5, 5.41) is 18.5. The molecular formula is C27H55NO2. The highest BCUT2D eigenvalue weighted by atomic mass is 16.3. The number of likely N-dealkylation sites (tertiary alicyclic amines) is 1. The Morgan fingerprint density at radius 3 is 1.40 bits per heavy atom. The molecule has 0 aliphatic carbocycles. The molecular weight excluding hydrogens is 370 g/mol. The number of aliphatic hydroxyl groups is 2. The van der Waals surface area contributed by atoms with Crippen LogP contribution in [-0.2, 0) is 0 Å². The van der Waals surface area contributed by atoms with Crippen LogP contribution in [0.5, 0.6) is 0 Å². The second-order valence-electron chi connectivity index (χ2n) is 10.2. The lowest BCUT2D eigenvalue weighted by Crippen LogP contribution is -2.47. The summed E-state index contributed by atoms with van der Waals surface area (Å²) in [6.07, 6.45) is 26.4. The molecule has 30 heavy (non-hydrogen) atoms. The van der Waals surface area contributed by atoms with E-state index in [4.69, 9.17) is 0 Å². The van der Waals surface area contributed by atoms with Gasteiger partial charge in [0.15, 0.2) is 0 Å². The van der Waals surface area contributed by atoms with Crippen LogP contribution in [0.2, 0.25) is 0 Å². The highest BCUT2D eigenvalue weighted by Gasteiger charge is 2.26. The third-order valence-electron chi connectivity index (χ3n) is 6.99. The number of rotatable bonds is 22. The number of unbranched alkanes of at least 4 members (excludes halogenated alkanes) is 14. The van der Waals surface area contributed by atoms with Crippen molar-refractivity contribution in [3.05, 3.63) is 0 Å². The van der Waals surface area contributed by atoms with Crippen LogP contribution in [0.1, 0.15) is 142 Å². The normalized spacial score (nSPS) is 19.0. The van der Waals surface area contributed by atoms with Gasteiger partial charge in [0.1, 0.15) is 0 Å². The van der Waals surface area contributed by atoms with Crippen LogP contribution >= 0.6 is 0 Å². The van der Waals surface area contributed by atoms with E-state index in [2.05, 4.69) is 4.90 Å². The molecule has 1 heterocycles. The molecule has 1 saturated heterocycles. The van der Waals surface area contributed by atoms with Crippen LogP contribution in [0.3, 0.4) is 0 Å². The maximum atomic E-state index is 9.26. The van der Waals surface area contributed by atoms with E-state index in [0.29, 0.717) is 0 Å². The molecule has 1 aliphatic heterocycles. The fraction of sp³-hybridized carbons (Fsp3) is 1.00. The molecule has 1 fully saturated rings. The van der Waals surface area contributed by atoms with E-state index in [1.165, 1.54) is 129 Å². The monoisotopic (exact) mass is 425 g/mol. The SMILES string of the molecule is CC(O)CCCCCCCCCCC1CCN1CCCCCCCCCCC(C)O. The largest absolute Gasteiger partial charge is 0.393 e. The molecule has 0 saturated carbocycles. The summed E-state index contributed by atoms with van der Waals surface area (Å²) in [6.45, 7) is 6.48. The van der Waals surface area contributed by atoms with Crippen LogP contribution in [0.15, 0.2) is 0 Å². The van der Waals surface area contributed by atoms with Crippen LogP contribution < -0.4 is 0 Å². The van der Waals surface area contributed by atoms with Crippen LogP contribution in [0, 0.1) is 0 Å². The van der Waals surface area contributed by atoms with E-state index in [9.17, 15) is 10.2 Å². The standard InChI is InChI=1S/C27H55NO2/c1-25(29)19-15-11-7-3-4-9-13-17-21-27-22-24-28(27)23-18-14-10-6-5-8-12-16-20-26(2)30/h25-27,29-30H,3-24H2,1-2H3. The molecule has 180 valence electrons. The predicted molar refractivity (Wildman–Crippen MR) is 131 cm³/mol. The summed E-state index contributed by atoms with van der Waals surface area (Å²) < 4.78 is 0. The zero-order valence-electron chi connectivity index (χ0n) is 20.6. The van der Waals surface area contributed by atoms with Crippen molar-refractivity contribution in [3.8, 4) is 0 Å². The van der Waals surface area contributed by atoms with Gasteiger partial charge < -0.3 is 15.1 Å². The molecule has 3 atom stereocenters. The average molecular weight is 426 g/mol. The van der Waals surface area contributed by atoms with E-state index in [0.717, 1.165) is 18.9 Å². The summed E-state index contributed by atoms with van der Waals surface area (Å²) in [4.78, 5) is 2.75. The lowest BCUT2D eigenvalue weighted by molar-refractivity contribution is 0.0795. The van der Waals surface area contributed by atoms with Gasteiger partial charge in [0, 0.05) is 6.04 Å². The Hall–Kier alpha value is -0.120. The summed E-state index contributed by atoms with van der Waals surface area (Å²) in [7, 11) is 0. The Morgan fingerprint density at radius 1 is 0.600 bits per heavy atom. The lowest BCUT2D eigenvalue weighted by Gasteiger charge is -2.41. The van der Waals surface area contributed by atoms with Crippen molar-refractivity contribution in [3.63, 3.8) is 0 Å². The molecule has 2 N–H and O–H groups in total. The van der Waals surface area contributed by atoms with Crippen molar-refractivity contribution >= 4 is 0 Å². The number of hydrogen-bond donors (Lipinski definition) is 2. The third kappa shape index (κ3) is 16.6. The van der Waals surface area contributed by atoms with Gasteiger partial charge in [0.05, 0.1) is 12.2 Å². The summed E-state index contributed by atoms with van der Waals surface area (Å²) >= 11 is 0. The molecule has 0 amide bonds. The van der Waals surface area contributed by atoms with Gasteiger partial charge in [-0.15, -0.1) is 0 Å². The van der Waals surface area contributed by atoms with E-state index in [1.807, 2.05) is 13.8 Å². The third-order valence-corrected chi connectivity index (χ3v) is 6.99. The Balaban J connectivity index is 1.79. The maximum Gasteiger partial charge on any atom is 0.0512 e. The van der Waals surface area contributed by atoms with Crippen molar-refractivity contribution in [2.24, 2.45) is 0 Å². The van der Waals surface area contributed by atoms with Gasteiger partial charge in [-0.1, -0.05) is 96.3 Å². The Labute approximate surface area is 189 Å². The first-order valence-electron chi connectivity index (χ1n) is 13.7. The summed E-state index contributed by atoms with van der Waals surface area (Å²) in [6, 6.07) is 0.902. The van der Waals surface area contributed by atoms with E-state index in [-0.39, 0.29) is 12.2 Å². The molecule has 0 bridgehead atoms. The van der Waals surface area contributed by atoms with Crippen molar-refractivity contribution in [2.75, 3.05) is 13.1 Å². The molecule has 0 aromatic rings. The molecule has 0 radical (unpaired) electrons. The van der Waals surface area contributed by atoms with Crippen LogP contribution in [0.4, 0.5) is 0 Å². The smallest absolute Gasteiger partial charge is 0.0512 e. The van der Waals surface area contributed by atoms with Gasteiger partial charge in [-0.05, 0) is 59.0 Å². The van der Waals surface area contributed by atoms with E-state index in [1.54, 1.807) is 0 Å². The van der Waals surface area contributed by atoms with E-state index < -0.39 is 0 Å². The minimum atomic E-state index is -0.113. The quantitative estimate of drug-likeness (QED) is 0.180. The predicted octanol–water partition coefficient (Wildman–Crippen LogP) is 7.23. The van der Waals surface area contributed by atoms with Gasteiger partial charge in [-0.2, -0.15) is 0 Å². The van der Waals surface area contributed by atoms with Gasteiger partial charge >= 0.3 is 0 Å². The fourth-order valence-corrected chi connectivity index (χ4v) is 4.81. The highest BCUT2D eigenvalue weighted by Crippen LogP contribution is 2.24. The van der Waals surface area contributed by atoms with Crippen molar-refractivity contribution in [1.29, 1.82) is 0 Å². The molecule has 1 rings (SSSR count). The second-order valence-corrected chi connectivity index (χ2v) is 10.2. The zero-order chi connectivity index (χ0) is 21.9. The number of aliphatic hydroxyl groups excluding tert-OH is 2. The first-order valence-corrected chi connectivity index (χ1v) is 13.7. The minimum Gasteiger partial charge on any atom is -0.393 e. The molecule has 0 aromatic carbocycles. The highest BCUT2D eigenvalue weighted by molar-refractivity contribution is 4.82. The second kappa shape index (κ2) is 19.6. The van der Waals surface area contributed by atoms with Crippen LogP contribution in [-0.4, -0.2) is 46.5 Å². The average Bonchev–Trinajstić information content (AvgIpc) is 2.68. The number of nitrogens with zero attached hydrogens (tertiary/aromatic N) is 1. The first-order chi connectivity index (χ1) is 14.6. The van der Waals surface area contributed by atoms with Gasteiger partial charge in [-0.25, -0.2) is 0 Å². The Bertz CT molecular complexity index is 325. The molecule has 3 heteroatoms. The topological polar surface area (TPSA) is 43.7 Å². The minimum absolute atomic E-state index is 0.113. The summed E-state index contributed by atoms with van der Waals surface area (Å²) in [5.41, 5.74) is 0. The van der Waals surface area contributed by atoms with Gasteiger partial charge in [0.2, 0.25) is 0 Å². The van der Waals surface area contributed by atoms with Gasteiger partial charge in [-0.3, -0.25) is 0 Å². The Kier molecular flexibility index (Phi) is 18.2. The van der Waals surface area contributed by atoms with Crippen molar-refractivity contribution < 1.29 is 10.2 Å². The molecule has 0 spiro atoms. The first kappa shape index (κ1) is 27.9. The molecule has 3 unspecified atom stereocenters. The van der Waals surface area contributed by atoms with Crippen LogP contribution in [0.25, 0.3) is 0 Å². The van der Waals surface area contributed by atoms with Gasteiger partial charge in [0.25, 0.3) is 0 Å². The maximum absolute atomic E-state index is 9.26. The Morgan fingerprint density at radius 2 is 1.00 bits per heavy atom.